The predicted molar refractivity (Wildman–Crippen MR) is 76.7 cm³/mol. The van der Waals surface area contributed by atoms with Gasteiger partial charge in [0.05, 0.1) is 11.8 Å². The minimum atomic E-state index is -0.892. The van der Waals surface area contributed by atoms with Gasteiger partial charge >= 0.3 is 5.97 Å². The van der Waals surface area contributed by atoms with Crippen molar-refractivity contribution in [1.82, 2.24) is 10.2 Å². The van der Waals surface area contributed by atoms with Crippen molar-refractivity contribution in [3.05, 3.63) is 23.9 Å². The lowest BCUT2D eigenvalue weighted by Gasteiger charge is -2.23. The van der Waals surface area contributed by atoms with Crippen LogP contribution in [0.25, 0.3) is 0 Å². The van der Waals surface area contributed by atoms with Gasteiger partial charge in [-0.25, -0.2) is 0 Å². The van der Waals surface area contributed by atoms with Gasteiger partial charge in [0, 0.05) is 11.8 Å². The second kappa shape index (κ2) is 5.02. The van der Waals surface area contributed by atoms with E-state index in [0.29, 0.717) is 11.7 Å². The maximum absolute atomic E-state index is 12.4. The number of carbonyl (C=O) groups excluding carboxylic acids is 1. The van der Waals surface area contributed by atoms with E-state index in [-0.39, 0.29) is 17.7 Å². The summed E-state index contributed by atoms with van der Waals surface area (Å²) in [6.07, 6.45) is 4.66. The molecule has 21 heavy (non-hydrogen) atoms. The minimum absolute atomic E-state index is 0.0198. The Kier molecular flexibility index (Phi) is 3.31. The maximum atomic E-state index is 12.4. The van der Waals surface area contributed by atoms with Crippen LogP contribution >= 0.6 is 0 Å². The van der Waals surface area contributed by atoms with E-state index in [1.165, 1.54) is 0 Å². The SMILES string of the molecule is CC(C)c1cc(NC(=O)C2C3C=CC(C3)C2C(=O)O)n[nH]1. The molecule has 3 N–H and O–H groups in total. The molecule has 6 nitrogen and oxygen atoms in total. The Morgan fingerprint density at radius 1 is 1.33 bits per heavy atom. The van der Waals surface area contributed by atoms with Crippen molar-refractivity contribution >= 4 is 17.7 Å². The number of carboxylic acids is 1. The van der Waals surface area contributed by atoms with Crippen molar-refractivity contribution in [2.75, 3.05) is 5.32 Å². The number of nitrogens with one attached hydrogen (secondary N) is 2. The summed E-state index contributed by atoms with van der Waals surface area (Å²) in [4.78, 5) is 23.9. The van der Waals surface area contributed by atoms with Crippen LogP contribution in [0.15, 0.2) is 18.2 Å². The largest absolute Gasteiger partial charge is 0.481 e. The molecule has 6 heteroatoms. The first-order valence-corrected chi connectivity index (χ1v) is 7.24. The van der Waals surface area contributed by atoms with Gasteiger partial charge < -0.3 is 10.4 Å². The topological polar surface area (TPSA) is 95.1 Å². The smallest absolute Gasteiger partial charge is 0.307 e. The number of H-pyrrole nitrogens is 1. The van der Waals surface area contributed by atoms with Gasteiger partial charge in [-0.05, 0) is 24.2 Å². The van der Waals surface area contributed by atoms with Crippen LogP contribution in [0.4, 0.5) is 5.82 Å². The molecule has 0 saturated heterocycles. The molecule has 112 valence electrons. The molecule has 0 aliphatic heterocycles. The number of anilines is 1. The van der Waals surface area contributed by atoms with Crippen LogP contribution in [0.5, 0.6) is 0 Å². The summed E-state index contributed by atoms with van der Waals surface area (Å²) in [5.74, 6) is -1.51. The van der Waals surface area contributed by atoms with Crippen LogP contribution in [0, 0.1) is 23.7 Å². The Morgan fingerprint density at radius 3 is 2.57 bits per heavy atom. The van der Waals surface area contributed by atoms with Crippen molar-refractivity contribution in [1.29, 1.82) is 0 Å². The summed E-state index contributed by atoms with van der Waals surface area (Å²) in [5.41, 5.74) is 0.938. The summed E-state index contributed by atoms with van der Waals surface area (Å²) in [6, 6.07) is 1.79. The van der Waals surface area contributed by atoms with Crippen molar-refractivity contribution in [2.24, 2.45) is 23.7 Å². The van der Waals surface area contributed by atoms with E-state index >= 15 is 0 Å². The molecule has 2 bridgehead atoms. The van der Waals surface area contributed by atoms with Gasteiger partial charge in [0.25, 0.3) is 0 Å². The second-order valence-corrected chi connectivity index (χ2v) is 6.19. The average Bonchev–Trinajstić information content (AvgIpc) is 3.12. The highest BCUT2D eigenvalue weighted by molar-refractivity contribution is 5.95. The molecule has 4 atom stereocenters. The zero-order valence-corrected chi connectivity index (χ0v) is 12.0. The Hall–Kier alpha value is -2.11. The zero-order chi connectivity index (χ0) is 15.1. The number of hydrogen-bond acceptors (Lipinski definition) is 3. The van der Waals surface area contributed by atoms with Crippen LogP contribution in [0.3, 0.4) is 0 Å². The molecular formula is C15H19N3O3. The van der Waals surface area contributed by atoms with E-state index < -0.39 is 17.8 Å². The molecule has 1 amide bonds. The third kappa shape index (κ3) is 2.34. The lowest BCUT2D eigenvalue weighted by molar-refractivity contribution is -0.146. The molecule has 1 saturated carbocycles. The zero-order valence-electron chi connectivity index (χ0n) is 12.0. The van der Waals surface area contributed by atoms with E-state index in [0.717, 1.165) is 12.1 Å². The lowest BCUT2D eigenvalue weighted by Crippen LogP contribution is -2.36. The first-order chi connectivity index (χ1) is 9.97. The standard InChI is InChI=1S/C15H19N3O3/c1-7(2)10-6-11(18-17-10)16-14(19)12-8-3-4-9(5-8)13(12)15(20)21/h3-4,6-9,12-13H,5H2,1-2H3,(H,20,21)(H2,16,17,18,19). The first kappa shape index (κ1) is 13.9. The Balaban J connectivity index is 1.75. The molecule has 0 aromatic carbocycles. The van der Waals surface area contributed by atoms with Gasteiger partial charge in [-0.1, -0.05) is 26.0 Å². The van der Waals surface area contributed by atoms with E-state index in [2.05, 4.69) is 15.5 Å². The Labute approximate surface area is 122 Å². The van der Waals surface area contributed by atoms with Gasteiger partial charge in [-0.2, -0.15) is 5.10 Å². The number of allylic oxidation sites excluding steroid dienone is 2. The number of fused-ring (bicyclic) bond motifs is 2. The number of aromatic amines is 1. The Bertz CT molecular complexity index is 605. The third-order valence-corrected chi connectivity index (χ3v) is 4.52. The van der Waals surface area contributed by atoms with Crippen molar-refractivity contribution in [3.63, 3.8) is 0 Å². The Morgan fingerprint density at radius 2 is 2.00 bits per heavy atom. The van der Waals surface area contributed by atoms with Crippen molar-refractivity contribution < 1.29 is 14.7 Å². The van der Waals surface area contributed by atoms with Crippen LogP contribution in [0.1, 0.15) is 31.9 Å². The number of hydrogen-bond donors (Lipinski definition) is 3. The summed E-state index contributed by atoms with van der Waals surface area (Å²) in [6.45, 7) is 4.06. The summed E-state index contributed by atoms with van der Waals surface area (Å²) < 4.78 is 0. The first-order valence-electron chi connectivity index (χ1n) is 7.24. The predicted octanol–water partition coefficient (Wildman–Crippen LogP) is 1.99. The summed E-state index contributed by atoms with van der Waals surface area (Å²) >= 11 is 0. The highest BCUT2D eigenvalue weighted by Gasteiger charge is 2.51. The van der Waals surface area contributed by atoms with E-state index in [9.17, 15) is 14.7 Å². The molecule has 1 aromatic heterocycles. The van der Waals surface area contributed by atoms with E-state index in [1.807, 2.05) is 26.0 Å². The van der Waals surface area contributed by atoms with Gasteiger partial charge in [0.15, 0.2) is 5.82 Å². The van der Waals surface area contributed by atoms with Gasteiger partial charge in [0.2, 0.25) is 5.91 Å². The molecule has 0 spiro atoms. The highest BCUT2D eigenvalue weighted by atomic mass is 16.4. The fourth-order valence-corrected chi connectivity index (χ4v) is 3.42. The fourth-order valence-electron chi connectivity index (χ4n) is 3.42. The third-order valence-electron chi connectivity index (χ3n) is 4.52. The minimum Gasteiger partial charge on any atom is -0.481 e. The number of aromatic nitrogens is 2. The van der Waals surface area contributed by atoms with Crippen molar-refractivity contribution in [3.8, 4) is 0 Å². The monoisotopic (exact) mass is 289 g/mol. The summed E-state index contributed by atoms with van der Waals surface area (Å²) in [5, 5.41) is 19.0. The normalized spacial score (nSPS) is 30.0. The number of rotatable bonds is 4. The van der Waals surface area contributed by atoms with E-state index in [1.54, 1.807) is 6.07 Å². The van der Waals surface area contributed by atoms with Crippen LogP contribution < -0.4 is 5.32 Å². The van der Waals surface area contributed by atoms with Crippen LogP contribution in [0.2, 0.25) is 0 Å². The van der Waals surface area contributed by atoms with E-state index in [4.69, 9.17) is 0 Å². The quantitative estimate of drug-likeness (QED) is 0.739. The van der Waals surface area contributed by atoms with Gasteiger partial charge in [-0.15, -0.1) is 0 Å². The maximum Gasteiger partial charge on any atom is 0.307 e. The van der Waals surface area contributed by atoms with Gasteiger partial charge in [-0.3, -0.25) is 14.7 Å². The summed E-state index contributed by atoms with van der Waals surface area (Å²) in [7, 11) is 0. The van der Waals surface area contributed by atoms with Crippen molar-refractivity contribution in [2.45, 2.75) is 26.2 Å². The van der Waals surface area contributed by atoms with Gasteiger partial charge in [0.1, 0.15) is 0 Å². The number of carboxylic acid groups (broad SMARTS) is 1. The van der Waals surface area contributed by atoms with Crippen LogP contribution in [-0.2, 0) is 9.59 Å². The molecule has 2 aliphatic rings. The number of carbonyl (C=O) groups is 2. The second-order valence-electron chi connectivity index (χ2n) is 6.19. The highest BCUT2D eigenvalue weighted by Crippen LogP contribution is 2.48. The van der Waals surface area contributed by atoms with Crippen LogP contribution in [-0.4, -0.2) is 27.2 Å². The number of aliphatic carboxylic acids is 1. The molecule has 1 heterocycles. The lowest BCUT2D eigenvalue weighted by atomic mass is 9.82. The molecule has 1 fully saturated rings. The fraction of sp³-hybridized carbons (Fsp3) is 0.533. The molecule has 4 unspecified atom stereocenters. The number of nitrogens with zero attached hydrogens (tertiary/aromatic N) is 1. The number of amides is 1. The average molecular weight is 289 g/mol. The molecule has 2 aliphatic carbocycles. The molecule has 0 radical (unpaired) electrons. The molecule has 3 rings (SSSR count). The molecule has 1 aromatic rings. The molecular weight excluding hydrogens is 270 g/mol.